The Labute approximate surface area is 201 Å². The van der Waals surface area contributed by atoms with Crippen molar-refractivity contribution in [3.63, 3.8) is 0 Å². The van der Waals surface area contributed by atoms with Crippen molar-refractivity contribution in [2.75, 3.05) is 13.7 Å². The van der Waals surface area contributed by atoms with Crippen LogP contribution in [0.2, 0.25) is 0 Å². The molecule has 0 radical (unpaired) electrons. The average Bonchev–Trinajstić information content (AvgIpc) is 3.57. The van der Waals surface area contributed by atoms with Crippen molar-refractivity contribution >= 4 is 11.9 Å². The number of aryl methyl sites for hydroxylation is 1. The molecule has 0 spiro atoms. The number of alkyl halides is 2. The van der Waals surface area contributed by atoms with Gasteiger partial charge in [0.15, 0.2) is 0 Å². The summed E-state index contributed by atoms with van der Waals surface area (Å²) in [6, 6.07) is 9.79. The first-order valence-corrected chi connectivity index (χ1v) is 12.4. The van der Waals surface area contributed by atoms with E-state index in [9.17, 15) is 18.4 Å². The van der Waals surface area contributed by atoms with E-state index in [4.69, 9.17) is 4.74 Å². The van der Waals surface area contributed by atoms with Crippen LogP contribution in [0.3, 0.4) is 0 Å². The van der Waals surface area contributed by atoms with Crippen LogP contribution in [0.25, 0.3) is 0 Å². The number of nitrogens with zero attached hydrogens (tertiary/aromatic N) is 1. The lowest BCUT2D eigenvalue weighted by molar-refractivity contribution is -0.148. The van der Waals surface area contributed by atoms with Crippen molar-refractivity contribution in [1.29, 1.82) is 0 Å². The van der Waals surface area contributed by atoms with Gasteiger partial charge < -0.3 is 14.4 Å². The van der Waals surface area contributed by atoms with Gasteiger partial charge in [-0.1, -0.05) is 62.2 Å². The van der Waals surface area contributed by atoms with Gasteiger partial charge in [-0.3, -0.25) is 9.59 Å². The maximum atomic E-state index is 14.1. The summed E-state index contributed by atoms with van der Waals surface area (Å²) in [6.07, 6.45) is 9.61. The first kappa shape index (κ1) is 26.3. The number of epoxide rings is 1. The lowest BCUT2D eigenvalue weighted by Crippen LogP contribution is -2.36. The van der Waals surface area contributed by atoms with Gasteiger partial charge in [0.2, 0.25) is 0 Å². The van der Waals surface area contributed by atoms with E-state index in [-0.39, 0.29) is 18.2 Å². The normalized spacial score (nSPS) is 24.5. The van der Waals surface area contributed by atoms with Crippen molar-refractivity contribution in [2.24, 2.45) is 5.92 Å². The summed E-state index contributed by atoms with van der Waals surface area (Å²) >= 11 is 0. The van der Waals surface area contributed by atoms with Gasteiger partial charge in [-0.05, 0) is 43.6 Å². The third-order valence-electron chi connectivity index (χ3n) is 6.81. The number of amides is 1. The molecular formula is C27H37F2NO4. The van der Waals surface area contributed by atoms with Crippen molar-refractivity contribution in [1.82, 2.24) is 4.90 Å². The number of methoxy groups -OCH3 is 1. The SMILES string of the molecule is COC(=O)CCCCCCN1C(=O)C(F)(F)C[C@@H]1/C=C/C1OC1[C@@H](C)CCCc1ccccc1. The van der Waals surface area contributed by atoms with Crippen LogP contribution in [-0.4, -0.2) is 54.6 Å². The van der Waals surface area contributed by atoms with Gasteiger partial charge >= 0.3 is 11.9 Å². The molecule has 2 heterocycles. The fourth-order valence-electron chi connectivity index (χ4n) is 4.69. The van der Waals surface area contributed by atoms with E-state index in [0.717, 1.165) is 32.1 Å². The van der Waals surface area contributed by atoms with E-state index in [1.54, 1.807) is 6.08 Å². The maximum absolute atomic E-state index is 14.1. The van der Waals surface area contributed by atoms with Crippen molar-refractivity contribution in [3.8, 4) is 0 Å². The number of hydrogen-bond donors (Lipinski definition) is 0. The molecule has 0 bridgehead atoms. The third kappa shape index (κ3) is 7.62. The van der Waals surface area contributed by atoms with Crippen LogP contribution in [0.4, 0.5) is 8.78 Å². The van der Waals surface area contributed by atoms with Gasteiger partial charge in [-0.25, -0.2) is 0 Å². The van der Waals surface area contributed by atoms with Gasteiger partial charge in [0.25, 0.3) is 5.91 Å². The van der Waals surface area contributed by atoms with E-state index >= 15 is 0 Å². The molecule has 2 aliphatic rings. The molecule has 2 unspecified atom stereocenters. The lowest BCUT2D eigenvalue weighted by Gasteiger charge is -2.21. The Morgan fingerprint density at radius 1 is 1.18 bits per heavy atom. The molecule has 2 aliphatic heterocycles. The molecule has 5 nitrogen and oxygen atoms in total. The highest BCUT2D eigenvalue weighted by molar-refractivity contribution is 5.86. The molecule has 0 aliphatic carbocycles. The molecule has 34 heavy (non-hydrogen) atoms. The molecule has 0 aromatic heterocycles. The van der Waals surface area contributed by atoms with E-state index in [2.05, 4.69) is 35.9 Å². The highest BCUT2D eigenvalue weighted by Gasteiger charge is 2.52. The minimum atomic E-state index is -3.31. The number of hydrogen-bond acceptors (Lipinski definition) is 4. The van der Waals surface area contributed by atoms with Crippen LogP contribution < -0.4 is 0 Å². The second kappa shape index (κ2) is 12.4. The molecular weight excluding hydrogens is 440 g/mol. The van der Waals surface area contributed by atoms with Gasteiger partial charge in [-0.2, -0.15) is 8.78 Å². The molecule has 1 aromatic rings. The summed E-state index contributed by atoms with van der Waals surface area (Å²) in [4.78, 5) is 24.6. The second-order valence-electron chi connectivity index (χ2n) is 9.52. The van der Waals surface area contributed by atoms with Crippen LogP contribution >= 0.6 is 0 Å². The Hall–Kier alpha value is -2.28. The number of benzene rings is 1. The average molecular weight is 478 g/mol. The molecule has 1 aromatic carbocycles. The highest BCUT2D eigenvalue weighted by atomic mass is 19.3. The highest BCUT2D eigenvalue weighted by Crippen LogP contribution is 2.37. The third-order valence-corrected chi connectivity index (χ3v) is 6.81. The largest absolute Gasteiger partial charge is 0.469 e. The zero-order chi connectivity index (χ0) is 24.6. The summed E-state index contributed by atoms with van der Waals surface area (Å²) in [7, 11) is 1.36. The Morgan fingerprint density at radius 3 is 2.65 bits per heavy atom. The number of likely N-dealkylation sites (tertiary alicyclic amines) is 1. The Balaban J connectivity index is 1.40. The minimum absolute atomic E-state index is 0.0591. The maximum Gasteiger partial charge on any atom is 0.327 e. The Bertz CT molecular complexity index is 829. The number of rotatable bonds is 14. The fraction of sp³-hybridized carbons (Fsp3) is 0.630. The van der Waals surface area contributed by atoms with Gasteiger partial charge in [0.05, 0.1) is 19.3 Å². The standard InChI is InChI=1S/C27H37F2NO4/c1-20(11-10-14-21-12-6-5-7-13-21)25-23(34-25)17-16-22-19-27(28,29)26(32)30(22)18-9-4-3-8-15-24(31)33-2/h5-7,12-13,16-17,20,22-23,25H,3-4,8-11,14-15,18-19H2,1-2H3/b17-16+/t20-,22-,23?,25?/m0/s1. The van der Waals surface area contributed by atoms with E-state index in [1.165, 1.54) is 17.6 Å². The number of unbranched alkanes of at least 4 members (excludes halogenated alkanes) is 3. The molecule has 2 saturated heterocycles. The quantitative estimate of drug-likeness (QED) is 0.157. The zero-order valence-corrected chi connectivity index (χ0v) is 20.3. The van der Waals surface area contributed by atoms with Crippen molar-refractivity contribution in [2.45, 2.75) is 88.9 Å². The first-order valence-electron chi connectivity index (χ1n) is 12.4. The van der Waals surface area contributed by atoms with Crippen LogP contribution in [0.5, 0.6) is 0 Å². The summed E-state index contributed by atoms with van der Waals surface area (Å²) < 4.78 is 38.6. The summed E-state index contributed by atoms with van der Waals surface area (Å²) in [5.74, 6) is -4.25. The lowest BCUT2D eigenvalue weighted by atomic mass is 9.96. The van der Waals surface area contributed by atoms with Gasteiger partial charge in [0, 0.05) is 19.4 Å². The molecule has 4 atom stereocenters. The Morgan fingerprint density at radius 2 is 1.91 bits per heavy atom. The summed E-state index contributed by atoms with van der Waals surface area (Å²) in [6.45, 7) is 2.47. The number of carbonyl (C=O) groups is 2. The van der Waals surface area contributed by atoms with Crippen molar-refractivity contribution in [3.05, 3.63) is 48.0 Å². The first-order chi connectivity index (χ1) is 16.3. The topological polar surface area (TPSA) is 59.1 Å². The molecule has 1 amide bonds. The molecule has 7 heteroatoms. The second-order valence-corrected chi connectivity index (χ2v) is 9.52. The Kier molecular flexibility index (Phi) is 9.63. The van der Waals surface area contributed by atoms with Crippen molar-refractivity contribution < 1.29 is 27.8 Å². The molecule has 0 saturated carbocycles. The summed E-state index contributed by atoms with van der Waals surface area (Å²) in [5, 5.41) is 0. The summed E-state index contributed by atoms with van der Waals surface area (Å²) in [5.41, 5.74) is 1.33. The monoisotopic (exact) mass is 477 g/mol. The van der Waals surface area contributed by atoms with E-state index in [1.807, 2.05) is 12.1 Å². The van der Waals surface area contributed by atoms with E-state index in [0.29, 0.717) is 31.7 Å². The fourth-order valence-corrected chi connectivity index (χ4v) is 4.69. The molecule has 188 valence electrons. The molecule has 3 rings (SSSR count). The number of carbonyl (C=O) groups excluding carboxylic acids is 2. The predicted molar refractivity (Wildman–Crippen MR) is 127 cm³/mol. The van der Waals surface area contributed by atoms with Gasteiger partial charge in [-0.15, -0.1) is 0 Å². The van der Waals surface area contributed by atoms with Gasteiger partial charge in [0.1, 0.15) is 6.10 Å². The van der Waals surface area contributed by atoms with Crippen LogP contribution in [0.15, 0.2) is 42.5 Å². The van der Waals surface area contributed by atoms with Crippen LogP contribution in [0.1, 0.15) is 63.9 Å². The smallest absolute Gasteiger partial charge is 0.327 e. The molecule has 0 N–H and O–H groups in total. The minimum Gasteiger partial charge on any atom is -0.469 e. The number of halogens is 2. The predicted octanol–water partition coefficient (Wildman–Crippen LogP) is 5.33. The number of esters is 1. The zero-order valence-electron chi connectivity index (χ0n) is 20.3. The van der Waals surface area contributed by atoms with Crippen LogP contribution in [0, 0.1) is 5.92 Å². The number of ether oxygens (including phenoxy) is 2. The van der Waals surface area contributed by atoms with Crippen LogP contribution in [-0.2, 0) is 25.5 Å². The molecule has 2 fully saturated rings. The van der Waals surface area contributed by atoms with E-state index < -0.39 is 24.3 Å².